The fourth-order valence-corrected chi connectivity index (χ4v) is 4.13. The molecule has 2 aliphatic rings. The van der Waals surface area contributed by atoms with Crippen LogP contribution in [0.3, 0.4) is 0 Å². The first kappa shape index (κ1) is 23.2. The zero-order chi connectivity index (χ0) is 23.4. The summed E-state index contributed by atoms with van der Waals surface area (Å²) in [5.41, 5.74) is 1.41. The van der Waals surface area contributed by atoms with E-state index in [0.29, 0.717) is 67.6 Å². The van der Waals surface area contributed by atoms with E-state index in [9.17, 15) is 4.79 Å². The lowest BCUT2D eigenvalue weighted by atomic mass is 10.2. The van der Waals surface area contributed by atoms with E-state index in [1.807, 2.05) is 13.0 Å². The zero-order valence-corrected chi connectivity index (χ0v) is 19.9. The quantitative estimate of drug-likeness (QED) is 0.704. The summed E-state index contributed by atoms with van der Waals surface area (Å²) < 4.78 is 16.0. The second-order valence-corrected chi connectivity index (χ2v) is 8.27. The predicted octanol–water partition coefficient (Wildman–Crippen LogP) is 2.65. The second-order valence-electron chi connectivity index (χ2n) is 7.86. The minimum Gasteiger partial charge on any atom is -0.495 e. The van der Waals surface area contributed by atoms with Gasteiger partial charge in [0, 0.05) is 57.1 Å². The Morgan fingerprint density at radius 2 is 1.67 bits per heavy atom. The average molecular weight is 477 g/mol. The molecule has 2 aliphatic heterocycles. The summed E-state index contributed by atoms with van der Waals surface area (Å²) in [4.78, 5) is 28.4. The standard InChI is InChI=1S/C22H29ClN6O4/c1-15-12-20(27-8-10-33-11-9-27)26-21(24-15)28-4-6-29(7-5-28)22(30)25-17-13-16(23)18(31-2)14-19(17)32-3/h12-14H,4-11H2,1-3H3,(H,25,30). The predicted molar refractivity (Wildman–Crippen MR) is 127 cm³/mol. The minimum atomic E-state index is -0.214. The van der Waals surface area contributed by atoms with Crippen molar-refractivity contribution in [1.82, 2.24) is 14.9 Å². The molecule has 2 saturated heterocycles. The molecule has 2 aromatic rings. The smallest absolute Gasteiger partial charge is 0.322 e. The number of benzene rings is 1. The number of aromatic nitrogens is 2. The van der Waals surface area contributed by atoms with Gasteiger partial charge in [-0.15, -0.1) is 0 Å². The fourth-order valence-electron chi connectivity index (χ4n) is 3.89. The molecule has 11 heteroatoms. The monoisotopic (exact) mass is 476 g/mol. The number of aryl methyl sites for hydroxylation is 1. The van der Waals surface area contributed by atoms with E-state index in [1.165, 1.54) is 14.2 Å². The SMILES string of the molecule is COc1cc(OC)c(NC(=O)N2CCN(c3nc(C)cc(N4CCOCC4)n3)CC2)cc1Cl. The maximum atomic E-state index is 12.9. The highest BCUT2D eigenvalue weighted by Crippen LogP contribution is 2.36. The van der Waals surface area contributed by atoms with E-state index < -0.39 is 0 Å². The van der Waals surface area contributed by atoms with Gasteiger partial charge in [0.1, 0.15) is 17.3 Å². The summed E-state index contributed by atoms with van der Waals surface area (Å²) in [6.45, 7) is 7.40. The van der Waals surface area contributed by atoms with Crippen molar-refractivity contribution >= 4 is 35.1 Å². The third kappa shape index (κ3) is 5.33. The van der Waals surface area contributed by atoms with E-state index >= 15 is 0 Å². The highest BCUT2D eigenvalue weighted by atomic mass is 35.5. The number of rotatable bonds is 5. The number of nitrogens with one attached hydrogen (secondary N) is 1. The highest BCUT2D eigenvalue weighted by molar-refractivity contribution is 6.32. The molecule has 4 rings (SSSR count). The Balaban J connectivity index is 1.39. The van der Waals surface area contributed by atoms with Crippen LogP contribution in [-0.4, -0.2) is 87.6 Å². The van der Waals surface area contributed by atoms with Gasteiger partial charge >= 0.3 is 6.03 Å². The van der Waals surface area contributed by atoms with Gasteiger partial charge in [-0.2, -0.15) is 4.98 Å². The van der Waals surface area contributed by atoms with Crippen LogP contribution in [0.4, 0.5) is 22.2 Å². The van der Waals surface area contributed by atoms with Gasteiger partial charge in [-0.3, -0.25) is 0 Å². The van der Waals surface area contributed by atoms with Gasteiger partial charge in [0.05, 0.1) is 38.1 Å². The first-order valence-corrected chi connectivity index (χ1v) is 11.3. The highest BCUT2D eigenvalue weighted by Gasteiger charge is 2.25. The van der Waals surface area contributed by atoms with Gasteiger partial charge < -0.3 is 34.2 Å². The molecule has 178 valence electrons. The lowest BCUT2D eigenvalue weighted by Gasteiger charge is -2.35. The zero-order valence-electron chi connectivity index (χ0n) is 19.1. The van der Waals surface area contributed by atoms with Crippen LogP contribution in [0.1, 0.15) is 5.69 Å². The summed E-state index contributed by atoms with van der Waals surface area (Å²) in [6.07, 6.45) is 0. The Bertz CT molecular complexity index is 993. The van der Waals surface area contributed by atoms with E-state index in [2.05, 4.69) is 20.1 Å². The minimum absolute atomic E-state index is 0.214. The van der Waals surface area contributed by atoms with Crippen LogP contribution in [0.2, 0.25) is 5.02 Å². The molecule has 3 heterocycles. The maximum absolute atomic E-state index is 12.9. The van der Waals surface area contributed by atoms with Gasteiger partial charge in [0.25, 0.3) is 0 Å². The Morgan fingerprint density at radius 3 is 2.33 bits per heavy atom. The number of anilines is 3. The van der Waals surface area contributed by atoms with Crippen molar-refractivity contribution in [3.63, 3.8) is 0 Å². The molecule has 1 aromatic heterocycles. The molecule has 0 unspecified atom stereocenters. The number of hydrogen-bond acceptors (Lipinski definition) is 8. The third-order valence-electron chi connectivity index (χ3n) is 5.73. The second kappa shape index (κ2) is 10.3. The topological polar surface area (TPSA) is 92.3 Å². The largest absolute Gasteiger partial charge is 0.495 e. The van der Waals surface area contributed by atoms with Crippen LogP contribution in [-0.2, 0) is 4.74 Å². The van der Waals surface area contributed by atoms with Crippen LogP contribution in [0, 0.1) is 6.92 Å². The number of morpholine rings is 1. The molecular weight excluding hydrogens is 448 g/mol. The normalized spacial score (nSPS) is 16.5. The molecule has 1 aromatic carbocycles. The molecule has 0 bridgehead atoms. The Hall–Kier alpha value is -2.98. The first-order chi connectivity index (χ1) is 16.0. The van der Waals surface area contributed by atoms with Crippen molar-refractivity contribution in [3.05, 3.63) is 28.9 Å². The van der Waals surface area contributed by atoms with Crippen LogP contribution >= 0.6 is 11.6 Å². The van der Waals surface area contributed by atoms with Crippen LogP contribution in [0.5, 0.6) is 11.5 Å². The lowest BCUT2D eigenvalue weighted by Crippen LogP contribution is -2.50. The van der Waals surface area contributed by atoms with E-state index in [4.69, 9.17) is 30.8 Å². The fraction of sp³-hybridized carbons (Fsp3) is 0.500. The number of carbonyl (C=O) groups excluding carboxylic acids is 1. The summed E-state index contributed by atoms with van der Waals surface area (Å²) in [5.74, 6) is 2.58. The number of carbonyl (C=O) groups is 1. The Labute approximate surface area is 198 Å². The van der Waals surface area contributed by atoms with Gasteiger partial charge in [-0.1, -0.05) is 11.6 Å². The number of nitrogens with zero attached hydrogens (tertiary/aromatic N) is 5. The van der Waals surface area contributed by atoms with Gasteiger partial charge in [-0.25, -0.2) is 9.78 Å². The molecule has 0 aliphatic carbocycles. The molecule has 0 radical (unpaired) electrons. The number of urea groups is 1. The summed E-state index contributed by atoms with van der Waals surface area (Å²) in [6, 6.07) is 5.07. The molecule has 10 nitrogen and oxygen atoms in total. The lowest BCUT2D eigenvalue weighted by molar-refractivity contribution is 0.122. The van der Waals surface area contributed by atoms with Crippen molar-refractivity contribution in [2.45, 2.75) is 6.92 Å². The van der Waals surface area contributed by atoms with Gasteiger partial charge in [-0.05, 0) is 13.0 Å². The van der Waals surface area contributed by atoms with E-state index in [-0.39, 0.29) is 6.03 Å². The van der Waals surface area contributed by atoms with Crippen molar-refractivity contribution < 1.29 is 19.0 Å². The molecule has 2 amide bonds. The number of piperazine rings is 1. The Morgan fingerprint density at radius 1 is 0.970 bits per heavy atom. The number of ether oxygens (including phenoxy) is 3. The van der Waals surface area contributed by atoms with Gasteiger partial charge in [0.15, 0.2) is 0 Å². The van der Waals surface area contributed by atoms with Crippen LogP contribution < -0.4 is 24.6 Å². The van der Waals surface area contributed by atoms with Crippen molar-refractivity contribution in [1.29, 1.82) is 0 Å². The third-order valence-corrected chi connectivity index (χ3v) is 6.02. The molecule has 0 saturated carbocycles. The van der Waals surface area contributed by atoms with Gasteiger partial charge in [0.2, 0.25) is 5.95 Å². The molecule has 2 fully saturated rings. The molecule has 1 N–H and O–H groups in total. The summed E-state index contributed by atoms with van der Waals surface area (Å²) in [5, 5.41) is 3.29. The van der Waals surface area contributed by atoms with Crippen molar-refractivity contribution in [2.75, 3.05) is 81.8 Å². The summed E-state index contributed by atoms with van der Waals surface area (Å²) in [7, 11) is 3.06. The van der Waals surface area contributed by atoms with E-state index in [1.54, 1.807) is 17.0 Å². The van der Waals surface area contributed by atoms with Crippen molar-refractivity contribution in [3.8, 4) is 11.5 Å². The molecule has 33 heavy (non-hydrogen) atoms. The molecule has 0 spiro atoms. The van der Waals surface area contributed by atoms with E-state index in [0.717, 1.165) is 24.6 Å². The molecule has 0 atom stereocenters. The number of methoxy groups -OCH3 is 2. The maximum Gasteiger partial charge on any atom is 0.322 e. The summed E-state index contributed by atoms with van der Waals surface area (Å²) >= 11 is 6.22. The number of halogens is 1. The first-order valence-electron chi connectivity index (χ1n) is 10.9. The average Bonchev–Trinajstić information content (AvgIpc) is 2.84. The number of hydrogen-bond donors (Lipinski definition) is 1. The number of amides is 2. The van der Waals surface area contributed by atoms with Crippen LogP contribution in [0.15, 0.2) is 18.2 Å². The van der Waals surface area contributed by atoms with Crippen molar-refractivity contribution in [2.24, 2.45) is 0 Å². The van der Waals surface area contributed by atoms with Crippen LogP contribution in [0.25, 0.3) is 0 Å². The Kier molecular flexibility index (Phi) is 7.24. The molecular formula is C22H29ClN6O4.